The molecule has 0 saturated carbocycles. The fraction of sp³-hybridized carbons (Fsp3) is 0.500. The van der Waals surface area contributed by atoms with Crippen molar-refractivity contribution in [1.29, 1.82) is 0 Å². The van der Waals surface area contributed by atoms with Crippen molar-refractivity contribution in [2.45, 2.75) is 38.9 Å². The Morgan fingerprint density at radius 1 is 0.778 bits per heavy atom. The molecule has 15 heteroatoms. The van der Waals surface area contributed by atoms with Crippen molar-refractivity contribution in [2.75, 3.05) is 5.73 Å². The number of benzene rings is 1. The lowest BCUT2D eigenvalue weighted by Crippen LogP contribution is -2.22. The second-order valence-electron chi connectivity index (χ2n) is 5.72. The van der Waals surface area contributed by atoms with Crippen molar-refractivity contribution >= 4 is 133 Å². The summed E-state index contributed by atoms with van der Waals surface area (Å²) >= 11 is 12.8. The minimum atomic E-state index is -0.256. The molecule has 0 bridgehead atoms. The predicted molar refractivity (Wildman–Crippen MR) is 154 cm³/mol. The average Bonchev–Trinajstić information content (AvgIpc) is 2.76. The zero-order chi connectivity index (χ0) is 20.5. The number of nitrogens with two attached hydrogens (primary N) is 1. The van der Waals surface area contributed by atoms with E-state index in [9.17, 15) is 0 Å². The quantitative estimate of drug-likeness (QED) is 0.435. The lowest BCUT2D eigenvalue weighted by molar-refractivity contribution is -0.105. The van der Waals surface area contributed by atoms with Gasteiger partial charge in [-0.05, 0) is 66.9 Å². The summed E-state index contributed by atoms with van der Waals surface area (Å²) in [5.41, 5.74) is 8.57. The summed E-state index contributed by atoms with van der Waals surface area (Å²) in [5, 5.41) is 0. The summed E-state index contributed by atoms with van der Waals surface area (Å²) in [4.78, 5) is 0. The van der Waals surface area contributed by atoms with E-state index in [1.165, 1.54) is 28.9 Å². The molecule has 0 amide bonds. The van der Waals surface area contributed by atoms with Crippen molar-refractivity contribution in [1.82, 2.24) is 0 Å². The zero-order valence-corrected chi connectivity index (χ0v) is 25.8. The number of nitrogen functional groups attached to an aromatic ring is 1. The number of ether oxygens (including phenoxy) is 1. The smallest absolute Gasteiger partial charge is 0.0891 e. The normalized spacial score (nSPS) is 15.0. The van der Waals surface area contributed by atoms with Crippen molar-refractivity contribution in [3.05, 3.63) is 27.7 Å². The van der Waals surface area contributed by atoms with Gasteiger partial charge in [0.05, 0.1) is 11.2 Å². The minimum Gasteiger partial charge on any atom is -0.398 e. The van der Waals surface area contributed by atoms with Gasteiger partial charge in [-0.1, -0.05) is 0 Å². The molecule has 2 N–H and O–H groups in total. The second kappa shape index (κ2) is 13.5. The van der Waals surface area contributed by atoms with E-state index in [1.807, 2.05) is 6.07 Å². The number of anilines is 1. The van der Waals surface area contributed by atoms with Gasteiger partial charge in [0, 0.05) is 121 Å². The largest absolute Gasteiger partial charge is 0.398 e. The molecule has 1 heterocycles. The number of halogens is 1. The Labute approximate surface area is 206 Å². The molecule has 2 nitrogen and oxygen atoms in total. The first-order valence-electron chi connectivity index (χ1n) is 6.87. The highest BCUT2D eigenvalue weighted by Gasteiger charge is 2.43. The highest BCUT2D eigenvalue weighted by molar-refractivity contribution is 9.10. The molecule has 0 fully saturated rings. The summed E-state index contributed by atoms with van der Waals surface area (Å²) in [7, 11) is 16.3. The third kappa shape index (κ3) is 9.41. The molecule has 0 unspecified atom stereocenters. The SMILES string of the molecule is CC1(C)OC(C)(C)c2cc(Br)c(N)cc21.S=S=S=S=S=S=S=S=S=S=S=S. The van der Waals surface area contributed by atoms with Crippen LogP contribution in [-0.2, 0) is 127 Å². The van der Waals surface area contributed by atoms with Crippen molar-refractivity contribution in [3.63, 3.8) is 0 Å². The van der Waals surface area contributed by atoms with Crippen LogP contribution in [0.1, 0.15) is 38.8 Å². The van der Waals surface area contributed by atoms with E-state index < -0.39 is 0 Å². The predicted octanol–water partition coefficient (Wildman–Crippen LogP) is 3.50. The first kappa shape index (κ1) is 27.1. The van der Waals surface area contributed by atoms with Crippen LogP contribution >= 0.6 is 15.9 Å². The average molecular weight is 655 g/mol. The summed E-state index contributed by atoms with van der Waals surface area (Å²) in [6.45, 7) is 8.33. The van der Waals surface area contributed by atoms with Gasteiger partial charge in [0.1, 0.15) is 0 Å². The third-order valence-electron chi connectivity index (χ3n) is 3.19. The maximum Gasteiger partial charge on any atom is 0.0891 e. The molecule has 1 aromatic rings. The van der Waals surface area contributed by atoms with E-state index >= 15 is 0 Å². The molecule has 0 aromatic heterocycles. The Kier molecular flexibility index (Phi) is 13.6. The van der Waals surface area contributed by atoms with Crippen molar-refractivity contribution in [3.8, 4) is 0 Å². The fourth-order valence-electron chi connectivity index (χ4n) is 2.42. The molecule has 1 aliphatic rings. The van der Waals surface area contributed by atoms with Crippen LogP contribution in [0.25, 0.3) is 0 Å². The van der Waals surface area contributed by atoms with Gasteiger partial charge in [-0.3, -0.25) is 0 Å². The van der Waals surface area contributed by atoms with E-state index in [-0.39, 0.29) is 11.2 Å². The highest BCUT2D eigenvalue weighted by atomic mass is 79.9. The topological polar surface area (TPSA) is 35.2 Å². The van der Waals surface area contributed by atoms with Crippen LogP contribution in [0.2, 0.25) is 0 Å². The lowest BCUT2D eigenvalue weighted by atomic mass is 9.90. The summed E-state index contributed by atoms with van der Waals surface area (Å²) < 4.78 is 6.98. The van der Waals surface area contributed by atoms with Crippen LogP contribution in [0.5, 0.6) is 0 Å². The van der Waals surface area contributed by atoms with Crippen molar-refractivity contribution in [2.24, 2.45) is 0 Å². The highest BCUT2D eigenvalue weighted by Crippen LogP contribution is 2.48. The molecule has 2 rings (SSSR count). The van der Waals surface area contributed by atoms with E-state index in [2.05, 4.69) is 72.1 Å². The third-order valence-corrected chi connectivity index (χ3v) is 23.9. The number of fused-ring (bicyclic) bond motifs is 1. The minimum absolute atomic E-state index is 0.241. The van der Waals surface area contributed by atoms with Gasteiger partial charge in [0.15, 0.2) is 0 Å². The van der Waals surface area contributed by atoms with Gasteiger partial charge in [-0.25, -0.2) is 0 Å². The summed E-state index contributed by atoms with van der Waals surface area (Å²) in [6.07, 6.45) is 0. The maximum atomic E-state index is 6.04. The molecule has 0 aliphatic carbocycles. The molecule has 27 heavy (non-hydrogen) atoms. The summed E-state index contributed by atoms with van der Waals surface area (Å²) in [5.74, 6) is 0. The second-order valence-corrected chi connectivity index (χ2v) is 24.3. The van der Waals surface area contributed by atoms with E-state index in [1.54, 1.807) is 71.0 Å². The lowest BCUT2D eigenvalue weighted by Gasteiger charge is -2.24. The van der Waals surface area contributed by atoms with E-state index in [0.29, 0.717) is 0 Å². The molecule has 1 aromatic carbocycles. The van der Waals surface area contributed by atoms with Crippen LogP contribution < -0.4 is 5.73 Å². The standard InChI is InChI=1S/C12H16BrNO.S12/c1-11(2)7-5-9(13)10(14)6-8(7)12(3,4)15-11;1-3-5-7-9-11-12-10-8-6-4-2/h5-6H,14H2,1-4H3;. The van der Waals surface area contributed by atoms with Crippen LogP contribution in [-0.4, -0.2) is 0 Å². The van der Waals surface area contributed by atoms with Gasteiger partial charge in [0.2, 0.25) is 0 Å². The fourth-order valence-corrected chi connectivity index (χ4v) is 24.7. The molecule has 1 aliphatic heterocycles. The van der Waals surface area contributed by atoms with E-state index in [0.717, 1.165) is 10.2 Å². The van der Waals surface area contributed by atoms with Gasteiger partial charge in [0.25, 0.3) is 0 Å². The Balaban J connectivity index is 0.000000279. The van der Waals surface area contributed by atoms with Crippen LogP contribution in [0.4, 0.5) is 5.69 Å². The van der Waals surface area contributed by atoms with Crippen LogP contribution in [0.3, 0.4) is 0 Å². The summed E-state index contributed by atoms with van der Waals surface area (Å²) in [6, 6.07) is 4.08. The van der Waals surface area contributed by atoms with Crippen molar-refractivity contribution < 1.29 is 4.74 Å². The number of hydrogen-bond donors (Lipinski definition) is 1. The molecule has 0 atom stereocenters. The van der Waals surface area contributed by atoms with Crippen LogP contribution in [0.15, 0.2) is 16.6 Å². The van der Waals surface area contributed by atoms with Crippen LogP contribution in [0, 0.1) is 0 Å². The Morgan fingerprint density at radius 3 is 1.56 bits per heavy atom. The first-order valence-corrected chi connectivity index (χ1v) is 22.3. The molecule has 0 radical (unpaired) electrons. The molecule has 0 spiro atoms. The Bertz CT molecular complexity index is 1040. The van der Waals surface area contributed by atoms with Gasteiger partial charge < -0.3 is 10.5 Å². The number of rotatable bonds is 0. The van der Waals surface area contributed by atoms with Gasteiger partial charge in [-0.15, -0.1) is 0 Å². The molecule has 154 valence electrons. The monoisotopic (exact) mass is 653 g/mol. The zero-order valence-electron chi connectivity index (χ0n) is 14.4. The first-order chi connectivity index (χ1) is 12.7. The maximum absolute atomic E-state index is 6.04. The Morgan fingerprint density at radius 2 is 1.15 bits per heavy atom. The molecular weight excluding hydrogens is 639 g/mol. The molecule has 0 saturated heterocycles. The molecular formula is C12H16BrNOS12. The van der Waals surface area contributed by atoms with Gasteiger partial charge >= 0.3 is 0 Å². The van der Waals surface area contributed by atoms with E-state index in [4.69, 9.17) is 10.5 Å². The number of hydrogen-bond acceptors (Lipinski definition) is 4. The Hall–Kier alpha value is 2.10. The van der Waals surface area contributed by atoms with Gasteiger partial charge in [-0.2, -0.15) is 0 Å².